The lowest BCUT2D eigenvalue weighted by Crippen LogP contribution is -2.19. The van der Waals surface area contributed by atoms with E-state index in [0.29, 0.717) is 11.3 Å². The molecule has 1 aliphatic rings. The number of hydrogen-bond donors (Lipinski definition) is 2. The molecule has 0 aromatic heterocycles. The zero-order valence-corrected chi connectivity index (χ0v) is 10.1. The molecule has 3 rings (SSSR count). The minimum absolute atomic E-state index is 0.265. The summed E-state index contributed by atoms with van der Waals surface area (Å²) in [6.45, 7) is 0. The molecule has 1 unspecified atom stereocenters. The number of carbonyl (C=O) groups excluding carboxylic acids is 1. The SMILES string of the molecule is O=C1Nc2cc(F)ccc2C1Nc1ccc(F)c(F)c1. The van der Waals surface area contributed by atoms with E-state index < -0.39 is 23.5 Å². The first-order valence-corrected chi connectivity index (χ1v) is 5.86. The average Bonchev–Trinajstić information content (AvgIpc) is 2.69. The Balaban J connectivity index is 1.92. The number of amides is 1. The van der Waals surface area contributed by atoms with Crippen molar-refractivity contribution in [3.63, 3.8) is 0 Å². The van der Waals surface area contributed by atoms with Gasteiger partial charge in [-0.05, 0) is 24.3 Å². The quantitative estimate of drug-likeness (QED) is 0.885. The van der Waals surface area contributed by atoms with Crippen LogP contribution in [0.15, 0.2) is 36.4 Å². The summed E-state index contributed by atoms with van der Waals surface area (Å²) in [6.07, 6.45) is 0. The second-order valence-corrected chi connectivity index (χ2v) is 4.43. The molecule has 1 atom stereocenters. The van der Waals surface area contributed by atoms with Crippen molar-refractivity contribution in [3.8, 4) is 0 Å². The Labute approximate surface area is 112 Å². The van der Waals surface area contributed by atoms with Gasteiger partial charge in [-0.2, -0.15) is 0 Å². The van der Waals surface area contributed by atoms with Crippen molar-refractivity contribution in [1.29, 1.82) is 0 Å². The molecule has 2 aromatic rings. The van der Waals surface area contributed by atoms with Crippen LogP contribution in [0.1, 0.15) is 11.6 Å². The van der Waals surface area contributed by atoms with E-state index in [9.17, 15) is 18.0 Å². The Morgan fingerprint density at radius 1 is 1.00 bits per heavy atom. The number of rotatable bonds is 2. The highest BCUT2D eigenvalue weighted by atomic mass is 19.2. The van der Waals surface area contributed by atoms with Crippen molar-refractivity contribution in [2.75, 3.05) is 10.6 Å². The van der Waals surface area contributed by atoms with Crippen LogP contribution in [0.25, 0.3) is 0 Å². The Bertz CT molecular complexity index is 703. The van der Waals surface area contributed by atoms with Crippen molar-refractivity contribution >= 4 is 17.3 Å². The first kappa shape index (κ1) is 12.5. The average molecular weight is 278 g/mol. The molecule has 0 aliphatic carbocycles. The highest BCUT2D eigenvalue weighted by molar-refractivity contribution is 6.04. The fourth-order valence-electron chi connectivity index (χ4n) is 2.13. The first-order valence-electron chi connectivity index (χ1n) is 5.86. The monoisotopic (exact) mass is 278 g/mol. The minimum atomic E-state index is -1.01. The third-order valence-corrected chi connectivity index (χ3v) is 3.08. The van der Waals surface area contributed by atoms with E-state index >= 15 is 0 Å². The smallest absolute Gasteiger partial charge is 0.251 e. The molecule has 1 heterocycles. The number of nitrogens with one attached hydrogen (secondary N) is 2. The summed E-state index contributed by atoms with van der Waals surface area (Å²) in [5.41, 5.74) is 1.19. The maximum Gasteiger partial charge on any atom is 0.251 e. The van der Waals surface area contributed by atoms with Gasteiger partial charge in [0, 0.05) is 23.0 Å². The summed E-state index contributed by atoms with van der Waals surface area (Å²) in [7, 11) is 0. The van der Waals surface area contributed by atoms with Gasteiger partial charge >= 0.3 is 0 Å². The van der Waals surface area contributed by atoms with Gasteiger partial charge < -0.3 is 10.6 Å². The van der Waals surface area contributed by atoms with Gasteiger partial charge in [-0.25, -0.2) is 13.2 Å². The zero-order valence-electron chi connectivity index (χ0n) is 10.1. The molecule has 20 heavy (non-hydrogen) atoms. The third-order valence-electron chi connectivity index (χ3n) is 3.08. The number of benzene rings is 2. The summed E-state index contributed by atoms with van der Waals surface area (Å²) in [4.78, 5) is 11.8. The van der Waals surface area contributed by atoms with Gasteiger partial charge in [-0.1, -0.05) is 6.07 Å². The Kier molecular flexibility index (Phi) is 2.85. The van der Waals surface area contributed by atoms with Crippen molar-refractivity contribution in [2.24, 2.45) is 0 Å². The summed E-state index contributed by atoms with van der Waals surface area (Å²) < 4.78 is 39.1. The van der Waals surface area contributed by atoms with Crippen LogP contribution < -0.4 is 10.6 Å². The molecule has 102 valence electrons. The molecule has 0 saturated carbocycles. The van der Waals surface area contributed by atoms with Crippen LogP contribution in [-0.4, -0.2) is 5.91 Å². The van der Waals surface area contributed by atoms with E-state index in [2.05, 4.69) is 10.6 Å². The molecule has 2 N–H and O–H groups in total. The number of carbonyl (C=O) groups is 1. The van der Waals surface area contributed by atoms with Gasteiger partial charge in [0.2, 0.25) is 0 Å². The molecule has 0 spiro atoms. The molecule has 0 saturated heterocycles. The third kappa shape index (κ3) is 2.09. The second-order valence-electron chi connectivity index (χ2n) is 4.43. The lowest BCUT2D eigenvalue weighted by Gasteiger charge is -2.13. The predicted octanol–water partition coefficient (Wildman–Crippen LogP) is 3.21. The highest BCUT2D eigenvalue weighted by Crippen LogP contribution is 2.33. The fraction of sp³-hybridized carbons (Fsp3) is 0.0714. The van der Waals surface area contributed by atoms with Crippen LogP contribution in [0.5, 0.6) is 0 Å². The van der Waals surface area contributed by atoms with Crippen LogP contribution >= 0.6 is 0 Å². The molecule has 0 bridgehead atoms. The molecule has 0 radical (unpaired) electrons. The summed E-state index contributed by atoms with van der Waals surface area (Å²) >= 11 is 0. The molecule has 0 fully saturated rings. The van der Waals surface area contributed by atoms with Crippen LogP contribution in [-0.2, 0) is 4.79 Å². The number of halogens is 3. The zero-order chi connectivity index (χ0) is 14.3. The highest BCUT2D eigenvalue weighted by Gasteiger charge is 2.30. The van der Waals surface area contributed by atoms with Gasteiger partial charge in [0.15, 0.2) is 11.6 Å². The van der Waals surface area contributed by atoms with Crippen LogP contribution in [0.4, 0.5) is 24.5 Å². The molecule has 2 aromatic carbocycles. The van der Waals surface area contributed by atoms with Crippen molar-refractivity contribution in [1.82, 2.24) is 0 Å². The van der Waals surface area contributed by atoms with Gasteiger partial charge in [0.1, 0.15) is 11.9 Å². The summed E-state index contributed by atoms with van der Waals surface area (Å²) in [5, 5.41) is 5.32. The Morgan fingerprint density at radius 2 is 1.80 bits per heavy atom. The minimum Gasteiger partial charge on any atom is -0.370 e. The maximum absolute atomic E-state index is 13.1. The van der Waals surface area contributed by atoms with Crippen molar-refractivity contribution < 1.29 is 18.0 Å². The topological polar surface area (TPSA) is 41.1 Å². The van der Waals surface area contributed by atoms with Gasteiger partial charge in [0.25, 0.3) is 5.91 Å². The van der Waals surface area contributed by atoms with Gasteiger partial charge in [-0.15, -0.1) is 0 Å². The van der Waals surface area contributed by atoms with Crippen LogP contribution in [0.3, 0.4) is 0 Å². The molecule has 1 aliphatic heterocycles. The van der Waals surface area contributed by atoms with Crippen molar-refractivity contribution in [3.05, 3.63) is 59.4 Å². The van der Waals surface area contributed by atoms with Gasteiger partial charge in [0.05, 0.1) is 0 Å². The lowest BCUT2D eigenvalue weighted by atomic mass is 10.1. The lowest BCUT2D eigenvalue weighted by molar-refractivity contribution is -0.116. The number of anilines is 2. The van der Waals surface area contributed by atoms with E-state index in [-0.39, 0.29) is 11.6 Å². The van der Waals surface area contributed by atoms with E-state index in [4.69, 9.17) is 0 Å². The van der Waals surface area contributed by atoms with Gasteiger partial charge in [-0.3, -0.25) is 4.79 Å². The predicted molar refractivity (Wildman–Crippen MR) is 67.8 cm³/mol. The Hall–Kier alpha value is -2.50. The summed E-state index contributed by atoms with van der Waals surface area (Å²) in [5.74, 6) is -2.81. The molecular weight excluding hydrogens is 269 g/mol. The van der Waals surface area contributed by atoms with Crippen molar-refractivity contribution in [2.45, 2.75) is 6.04 Å². The molecule has 6 heteroatoms. The number of hydrogen-bond acceptors (Lipinski definition) is 2. The van der Waals surface area contributed by atoms with E-state index in [0.717, 1.165) is 12.1 Å². The summed E-state index contributed by atoms with van der Waals surface area (Å²) in [6, 6.07) is 6.41. The number of fused-ring (bicyclic) bond motifs is 1. The van der Waals surface area contributed by atoms with E-state index in [1.54, 1.807) is 0 Å². The standard InChI is InChI=1S/C14H9F3N2O/c15-7-1-3-9-12(5-7)19-14(20)13(9)18-8-2-4-10(16)11(17)6-8/h1-6,13,18H,(H,19,20). The maximum atomic E-state index is 13.1. The molecular formula is C14H9F3N2O. The fourth-order valence-corrected chi connectivity index (χ4v) is 2.13. The second kappa shape index (κ2) is 4.56. The van der Waals surface area contributed by atoms with E-state index in [1.165, 1.54) is 24.3 Å². The Morgan fingerprint density at radius 3 is 2.55 bits per heavy atom. The largest absolute Gasteiger partial charge is 0.370 e. The van der Waals surface area contributed by atoms with Crippen LogP contribution in [0.2, 0.25) is 0 Å². The van der Waals surface area contributed by atoms with E-state index in [1.807, 2.05) is 0 Å². The van der Waals surface area contributed by atoms with Crippen LogP contribution in [0, 0.1) is 17.5 Å². The molecule has 1 amide bonds. The first-order chi connectivity index (χ1) is 9.54. The normalized spacial score (nSPS) is 16.8. The molecule has 3 nitrogen and oxygen atoms in total.